The number of para-hydroxylation sites is 1. The Kier molecular flexibility index (Phi) is 6.08. The molecule has 0 unspecified atom stereocenters. The first-order chi connectivity index (χ1) is 15.0. The van der Waals surface area contributed by atoms with E-state index in [1.807, 2.05) is 24.3 Å². The summed E-state index contributed by atoms with van der Waals surface area (Å²) in [6.45, 7) is 0.657. The molecule has 158 valence electrons. The molecule has 1 saturated heterocycles. The fourth-order valence-electron chi connectivity index (χ4n) is 3.43. The Hall–Kier alpha value is -3.13. The van der Waals surface area contributed by atoms with E-state index in [1.165, 1.54) is 27.8 Å². The molecule has 0 aliphatic carbocycles. The molecule has 4 rings (SSSR count). The molecule has 1 fully saturated rings. The van der Waals surface area contributed by atoms with Crippen LogP contribution in [0.5, 0.6) is 0 Å². The van der Waals surface area contributed by atoms with Crippen molar-refractivity contribution in [3.8, 4) is 6.07 Å². The Labute approximate surface area is 184 Å². The normalized spacial score (nSPS) is 17.1. The zero-order chi connectivity index (χ0) is 21.8. The molecule has 1 amide bonds. The van der Waals surface area contributed by atoms with Crippen molar-refractivity contribution in [3.05, 3.63) is 70.2 Å². The van der Waals surface area contributed by atoms with Gasteiger partial charge < -0.3 is 5.32 Å². The highest BCUT2D eigenvalue weighted by atomic mass is 32.2. The highest BCUT2D eigenvalue weighted by Gasteiger charge is 2.33. The van der Waals surface area contributed by atoms with E-state index in [0.717, 1.165) is 6.42 Å². The van der Waals surface area contributed by atoms with Crippen LogP contribution in [0.25, 0.3) is 0 Å². The third-order valence-electron chi connectivity index (χ3n) is 5.00. The van der Waals surface area contributed by atoms with Crippen molar-refractivity contribution in [2.75, 3.05) is 18.4 Å². The number of hydrogen-bond donors (Lipinski definition) is 1. The molecule has 10 heteroatoms. The molecule has 0 spiro atoms. The molecule has 2 heterocycles. The topological polar surface area (TPSA) is 116 Å². The summed E-state index contributed by atoms with van der Waals surface area (Å²) < 4.78 is 27.6. The van der Waals surface area contributed by atoms with Crippen LogP contribution in [0.3, 0.4) is 0 Å². The Balaban J connectivity index is 1.49. The number of nitrogens with zero attached hydrogens (tertiary/aromatic N) is 4. The maximum absolute atomic E-state index is 13.1. The quantitative estimate of drug-likeness (QED) is 0.634. The smallest absolute Gasteiger partial charge is 0.286 e. The number of aromatic nitrogens is 2. The molecule has 1 atom stereocenters. The molecular formula is C21H19N5O3S2. The minimum absolute atomic E-state index is 0.104. The van der Waals surface area contributed by atoms with Crippen molar-refractivity contribution in [1.29, 1.82) is 5.26 Å². The number of hydrogen-bond acceptors (Lipinski definition) is 7. The first-order valence-corrected chi connectivity index (χ1v) is 11.9. The zero-order valence-electron chi connectivity index (χ0n) is 16.4. The molecule has 8 nitrogen and oxygen atoms in total. The Morgan fingerprint density at radius 3 is 2.74 bits per heavy atom. The van der Waals surface area contributed by atoms with E-state index in [9.17, 15) is 13.2 Å². The summed E-state index contributed by atoms with van der Waals surface area (Å²) >= 11 is 1.18. The number of carbonyl (C=O) groups is 1. The number of piperidine rings is 1. The SMILES string of the molecule is N#Cc1cccc(S(=O)(=O)N2CCC[C@@H](c3nnc(C(=O)Nc4ccccc4)s3)C2)c1. The fraction of sp³-hybridized carbons (Fsp3) is 0.238. The standard InChI is InChI=1S/C21H19N5O3S2/c22-13-15-6-4-10-18(12-15)31(28,29)26-11-5-7-16(14-26)20-24-25-21(30-20)19(27)23-17-8-2-1-3-9-17/h1-4,6,8-10,12,16H,5,7,11,14H2,(H,23,27)/t16-/m1/s1. The summed E-state index contributed by atoms with van der Waals surface area (Å²) in [6.07, 6.45) is 1.44. The van der Waals surface area contributed by atoms with Crippen LogP contribution < -0.4 is 5.32 Å². The number of anilines is 1. The van der Waals surface area contributed by atoms with Gasteiger partial charge in [-0.25, -0.2) is 8.42 Å². The van der Waals surface area contributed by atoms with Crippen LogP contribution in [-0.2, 0) is 10.0 Å². The second kappa shape index (κ2) is 8.93. The highest BCUT2D eigenvalue weighted by Crippen LogP contribution is 2.32. The summed E-state index contributed by atoms with van der Waals surface area (Å²) in [4.78, 5) is 12.5. The lowest BCUT2D eigenvalue weighted by Gasteiger charge is -2.30. The van der Waals surface area contributed by atoms with Gasteiger partial charge in [-0.2, -0.15) is 9.57 Å². The first kappa shape index (κ1) is 21.1. The third kappa shape index (κ3) is 4.64. The van der Waals surface area contributed by atoms with Gasteiger partial charge in [0.05, 0.1) is 16.5 Å². The zero-order valence-corrected chi connectivity index (χ0v) is 18.1. The molecule has 1 aliphatic heterocycles. The van der Waals surface area contributed by atoms with Crippen molar-refractivity contribution in [2.45, 2.75) is 23.7 Å². The second-order valence-corrected chi connectivity index (χ2v) is 10.1. The van der Waals surface area contributed by atoms with Crippen molar-refractivity contribution in [2.24, 2.45) is 0 Å². The lowest BCUT2D eigenvalue weighted by molar-refractivity contribution is 0.102. The van der Waals surface area contributed by atoms with Gasteiger partial charge in [-0.15, -0.1) is 10.2 Å². The molecule has 1 N–H and O–H groups in total. The van der Waals surface area contributed by atoms with Gasteiger partial charge in [-0.1, -0.05) is 35.6 Å². The van der Waals surface area contributed by atoms with E-state index in [2.05, 4.69) is 15.5 Å². The average molecular weight is 454 g/mol. The van der Waals surface area contributed by atoms with E-state index in [1.54, 1.807) is 24.3 Å². The third-order valence-corrected chi connectivity index (χ3v) is 7.95. The van der Waals surface area contributed by atoms with Gasteiger partial charge in [0.25, 0.3) is 5.91 Å². The van der Waals surface area contributed by atoms with Crippen LogP contribution in [-0.4, -0.2) is 41.9 Å². The van der Waals surface area contributed by atoms with E-state index < -0.39 is 10.0 Å². The van der Waals surface area contributed by atoms with Crippen molar-refractivity contribution in [1.82, 2.24) is 14.5 Å². The van der Waals surface area contributed by atoms with Crippen LogP contribution in [0.4, 0.5) is 5.69 Å². The molecular weight excluding hydrogens is 434 g/mol. The molecule has 0 radical (unpaired) electrons. The van der Waals surface area contributed by atoms with Gasteiger partial charge in [-0.05, 0) is 43.2 Å². The number of sulfonamides is 1. The van der Waals surface area contributed by atoms with E-state index in [4.69, 9.17) is 5.26 Å². The Bertz CT molecular complexity index is 1240. The lowest BCUT2D eigenvalue weighted by atomic mass is 10.0. The van der Waals surface area contributed by atoms with E-state index in [-0.39, 0.29) is 28.3 Å². The van der Waals surface area contributed by atoms with Crippen LogP contribution in [0.1, 0.15) is 39.1 Å². The van der Waals surface area contributed by atoms with Gasteiger partial charge in [0, 0.05) is 24.7 Å². The van der Waals surface area contributed by atoms with Gasteiger partial charge in [0.2, 0.25) is 15.0 Å². The van der Waals surface area contributed by atoms with Crippen LogP contribution >= 0.6 is 11.3 Å². The van der Waals surface area contributed by atoms with Crippen molar-refractivity contribution < 1.29 is 13.2 Å². The molecule has 31 heavy (non-hydrogen) atoms. The summed E-state index contributed by atoms with van der Waals surface area (Å²) in [5, 5.41) is 20.9. The Morgan fingerprint density at radius 1 is 1.16 bits per heavy atom. The molecule has 3 aromatic rings. The highest BCUT2D eigenvalue weighted by molar-refractivity contribution is 7.89. The van der Waals surface area contributed by atoms with Crippen molar-refractivity contribution in [3.63, 3.8) is 0 Å². The monoisotopic (exact) mass is 453 g/mol. The number of carbonyl (C=O) groups excluding carboxylic acids is 1. The number of nitrogens with one attached hydrogen (secondary N) is 1. The number of nitriles is 1. The summed E-state index contributed by atoms with van der Waals surface area (Å²) in [6, 6.07) is 17.1. The van der Waals surface area contributed by atoms with Crippen LogP contribution in [0.15, 0.2) is 59.5 Å². The fourth-order valence-corrected chi connectivity index (χ4v) is 5.87. The summed E-state index contributed by atoms with van der Waals surface area (Å²) in [7, 11) is -3.73. The van der Waals surface area contributed by atoms with Crippen LogP contribution in [0, 0.1) is 11.3 Å². The summed E-state index contributed by atoms with van der Waals surface area (Å²) in [5.41, 5.74) is 0.964. The molecule has 0 bridgehead atoms. The average Bonchev–Trinajstić information content (AvgIpc) is 3.30. The molecule has 1 aliphatic rings. The van der Waals surface area contributed by atoms with Crippen LogP contribution in [0.2, 0.25) is 0 Å². The summed E-state index contributed by atoms with van der Waals surface area (Å²) in [5.74, 6) is -0.484. The Morgan fingerprint density at radius 2 is 1.97 bits per heavy atom. The number of rotatable bonds is 5. The van der Waals surface area contributed by atoms with Gasteiger partial charge >= 0.3 is 0 Å². The maximum atomic E-state index is 13.1. The molecule has 1 aromatic heterocycles. The molecule has 0 saturated carbocycles. The lowest BCUT2D eigenvalue weighted by Crippen LogP contribution is -2.39. The largest absolute Gasteiger partial charge is 0.320 e. The predicted octanol–water partition coefficient (Wildman–Crippen LogP) is 3.23. The van der Waals surface area contributed by atoms with Crippen molar-refractivity contribution >= 4 is 33.0 Å². The van der Waals surface area contributed by atoms with Gasteiger partial charge in [-0.3, -0.25) is 4.79 Å². The first-order valence-electron chi connectivity index (χ1n) is 9.67. The maximum Gasteiger partial charge on any atom is 0.286 e. The van der Waals surface area contributed by atoms with E-state index in [0.29, 0.717) is 29.2 Å². The minimum atomic E-state index is -3.73. The molecule has 2 aromatic carbocycles. The number of benzene rings is 2. The predicted molar refractivity (Wildman–Crippen MR) is 116 cm³/mol. The second-order valence-electron chi connectivity index (χ2n) is 7.11. The minimum Gasteiger partial charge on any atom is -0.320 e. The van der Waals surface area contributed by atoms with Gasteiger partial charge in [0.15, 0.2) is 0 Å². The van der Waals surface area contributed by atoms with E-state index >= 15 is 0 Å². The van der Waals surface area contributed by atoms with Gasteiger partial charge in [0.1, 0.15) is 5.01 Å². The number of amides is 1.